The van der Waals surface area contributed by atoms with E-state index in [0.29, 0.717) is 18.7 Å². The fourth-order valence-electron chi connectivity index (χ4n) is 6.41. The number of imidazole rings is 1. The summed E-state index contributed by atoms with van der Waals surface area (Å²) in [6, 6.07) is -11.0. The average molecular weight is 909 g/mol. The number of hydrogen-bond donors (Lipinski definition) is 15. The Kier molecular flexibility index (Phi) is 22.6. The highest BCUT2D eigenvalue weighted by molar-refractivity contribution is 5.98. The average Bonchev–Trinajstić information content (AvgIpc) is 3.96. The lowest BCUT2D eigenvalue weighted by molar-refractivity contribution is -0.143. The van der Waals surface area contributed by atoms with Crippen LogP contribution in [0.25, 0.3) is 0 Å². The number of nitrogens with zero attached hydrogens (tertiary/aromatic N) is 2. The Morgan fingerprint density at radius 1 is 0.750 bits per heavy atom. The van der Waals surface area contributed by atoms with Gasteiger partial charge in [0.25, 0.3) is 0 Å². The Morgan fingerprint density at radius 3 is 1.84 bits per heavy atom. The second-order valence-corrected chi connectivity index (χ2v) is 16.0. The Hall–Kier alpha value is -6.41. The SMILES string of the molecule is CC(C)C[C@H](NC(=O)[C@H](Cc1cnc[nH]1)NC(=O)[C@H](CCCN=C(N)N)NC(=O)[C@@H]1CCCN1)C(=O)N[C@@H](CO)C(=O)N[C@@H](CC(N)=O)C(=O)N[C@H](C(=O)N[C@@H](CO)C(=O)O)C(C)C. The molecule has 8 amide bonds. The Balaban J connectivity index is 2.30. The number of hydrogen-bond acceptors (Lipinski definition) is 14. The van der Waals surface area contributed by atoms with Crippen LogP contribution in [0.2, 0.25) is 0 Å². The molecule has 0 radical (unpaired) electrons. The molecule has 1 aromatic rings. The van der Waals surface area contributed by atoms with Gasteiger partial charge < -0.3 is 80.0 Å². The fourth-order valence-corrected chi connectivity index (χ4v) is 6.41. The molecule has 0 saturated carbocycles. The van der Waals surface area contributed by atoms with Crippen molar-refractivity contribution in [3.8, 4) is 0 Å². The van der Waals surface area contributed by atoms with Crippen LogP contribution in [0.15, 0.2) is 17.5 Å². The minimum absolute atomic E-state index is 0.00962. The smallest absolute Gasteiger partial charge is 0.328 e. The number of nitrogens with two attached hydrogens (primary N) is 3. The van der Waals surface area contributed by atoms with E-state index in [1.165, 1.54) is 26.4 Å². The zero-order valence-corrected chi connectivity index (χ0v) is 36.3. The number of aliphatic hydroxyl groups excluding tert-OH is 2. The first kappa shape index (κ1) is 53.7. The second kappa shape index (κ2) is 26.9. The minimum Gasteiger partial charge on any atom is -0.480 e. The van der Waals surface area contributed by atoms with Crippen LogP contribution >= 0.6 is 0 Å². The number of guanidine groups is 1. The lowest BCUT2D eigenvalue weighted by Crippen LogP contribution is -2.61. The van der Waals surface area contributed by atoms with E-state index in [4.69, 9.17) is 17.2 Å². The monoisotopic (exact) mass is 908 g/mol. The van der Waals surface area contributed by atoms with Crippen LogP contribution in [0.3, 0.4) is 0 Å². The zero-order valence-electron chi connectivity index (χ0n) is 36.3. The number of amides is 8. The second-order valence-electron chi connectivity index (χ2n) is 16.0. The number of aromatic amines is 1. The molecule has 0 aliphatic carbocycles. The van der Waals surface area contributed by atoms with E-state index in [1.807, 2.05) is 0 Å². The molecule has 0 unspecified atom stereocenters. The van der Waals surface area contributed by atoms with Gasteiger partial charge in [-0.15, -0.1) is 0 Å². The van der Waals surface area contributed by atoms with E-state index in [1.54, 1.807) is 13.8 Å². The highest BCUT2D eigenvalue weighted by Gasteiger charge is 2.36. The largest absolute Gasteiger partial charge is 0.480 e. The molecule has 26 heteroatoms. The van der Waals surface area contributed by atoms with Crippen molar-refractivity contribution < 1.29 is 58.5 Å². The standard InChI is InChI=1S/C38H64N14O12/c1-18(2)11-23(32(58)50-26(15-53)35(61)49-25(13-28(39)55)34(60)52-29(19(3)4)36(62)51-27(16-54)37(63)64)47-33(59)24(12-20-14-42-17-45-20)48-31(57)22(8-6-10-44-38(40)41)46-30(56)21-7-5-9-43-21/h14,17-19,21-27,29,43,53-54H,5-13,15-16H2,1-4H3,(H2,39,55)(H,42,45)(H,46,56)(H,47,59)(H,48,57)(H,49,61)(H,50,58)(H,51,62)(H,52,60)(H,63,64)(H4,40,41,44)/t21-,22-,23-,24-,25-,26-,27-,29-/m0/s1. The maximum atomic E-state index is 14.0. The van der Waals surface area contributed by atoms with Crippen LogP contribution in [-0.4, -0.2) is 159 Å². The molecule has 0 aromatic carbocycles. The highest BCUT2D eigenvalue weighted by atomic mass is 16.4. The summed E-state index contributed by atoms with van der Waals surface area (Å²) in [6.07, 6.45) is 3.52. The van der Waals surface area contributed by atoms with Crippen molar-refractivity contribution in [2.24, 2.45) is 34.0 Å². The van der Waals surface area contributed by atoms with Gasteiger partial charge in [-0.3, -0.25) is 43.3 Å². The van der Waals surface area contributed by atoms with Crippen molar-refractivity contribution >= 4 is 59.2 Å². The number of aliphatic imine (C=N–C) groups is 1. The number of aliphatic carboxylic acids is 1. The highest BCUT2D eigenvalue weighted by Crippen LogP contribution is 2.11. The van der Waals surface area contributed by atoms with E-state index in [-0.39, 0.29) is 44.1 Å². The van der Waals surface area contributed by atoms with Crippen LogP contribution in [0.4, 0.5) is 0 Å². The van der Waals surface area contributed by atoms with Gasteiger partial charge in [0.1, 0.15) is 42.3 Å². The topological polar surface area (TPSA) is 430 Å². The Bertz CT molecular complexity index is 1780. The molecular formula is C38H64N14O12. The quantitative estimate of drug-likeness (QED) is 0.0211. The number of aliphatic hydroxyl groups is 2. The van der Waals surface area contributed by atoms with Crippen LogP contribution in [0, 0.1) is 11.8 Å². The van der Waals surface area contributed by atoms with Crippen LogP contribution in [-0.2, 0) is 49.6 Å². The molecule has 1 fully saturated rings. The lowest BCUT2D eigenvalue weighted by Gasteiger charge is -2.28. The summed E-state index contributed by atoms with van der Waals surface area (Å²) >= 11 is 0. The lowest BCUT2D eigenvalue weighted by atomic mass is 10.0. The van der Waals surface area contributed by atoms with E-state index >= 15 is 0 Å². The van der Waals surface area contributed by atoms with E-state index in [9.17, 15) is 58.5 Å². The summed E-state index contributed by atoms with van der Waals surface area (Å²) in [5, 5.41) is 48.7. The van der Waals surface area contributed by atoms with Crippen molar-refractivity contribution in [2.75, 3.05) is 26.3 Å². The van der Waals surface area contributed by atoms with Crippen molar-refractivity contribution in [3.63, 3.8) is 0 Å². The number of nitrogens with one attached hydrogen (secondary N) is 9. The minimum atomic E-state index is -1.77. The van der Waals surface area contributed by atoms with E-state index in [2.05, 4.69) is 57.5 Å². The molecule has 18 N–H and O–H groups in total. The van der Waals surface area contributed by atoms with Gasteiger partial charge in [-0.25, -0.2) is 9.78 Å². The molecular weight excluding hydrogens is 845 g/mol. The summed E-state index contributed by atoms with van der Waals surface area (Å²) < 4.78 is 0. The van der Waals surface area contributed by atoms with Crippen LogP contribution in [0.5, 0.6) is 0 Å². The number of rotatable bonds is 28. The third kappa shape index (κ3) is 18.5. The van der Waals surface area contributed by atoms with Crippen LogP contribution < -0.4 is 59.7 Å². The van der Waals surface area contributed by atoms with Crippen LogP contribution in [0.1, 0.15) is 71.9 Å². The molecule has 1 aromatic heterocycles. The van der Waals surface area contributed by atoms with E-state index < -0.39 is 127 Å². The fraction of sp³-hybridized carbons (Fsp3) is 0.658. The Labute approximate surface area is 369 Å². The molecule has 26 nitrogen and oxygen atoms in total. The summed E-state index contributed by atoms with van der Waals surface area (Å²) in [7, 11) is 0. The first-order valence-electron chi connectivity index (χ1n) is 20.8. The number of carbonyl (C=O) groups is 9. The summed E-state index contributed by atoms with van der Waals surface area (Å²) in [5.74, 6) is -9.90. The number of aromatic nitrogens is 2. The van der Waals surface area contributed by atoms with Gasteiger partial charge in [0, 0.05) is 24.9 Å². The molecule has 1 saturated heterocycles. The van der Waals surface area contributed by atoms with Gasteiger partial charge in [-0.05, 0) is 50.5 Å². The van der Waals surface area contributed by atoms with Crippen molar-refractivity contribution in [1.82, 2.24) is 52.5 Å². The van der Waals surface area contributed by atoms with E-state index in [0.717, 1.165) is 6.42 Å². The van der Waals surface area contributed by atoms with Gasteiger partial charge in [-0.2, -0.15) is 0 Å². The number of carboxylic acid groups (broad SMARTS) is 1. The third-order valence-electron chi connectivity index (χ3n) is 9.80. The third-order valence-corrected chi connectivity index (χ3v) is 9.80. The normalized spacial score (nSPS) is 16.7. The summed E-state index contributed by atoms with van der Waals surface area (Å²) in [4.78, 5) is 128. The molecule has 64 heavy (non-hydrogen) atoms. The van der Waals surface area contributed by atoms with Gasteiger partial charge in [0.2, 0.25) is 47.3 Å². The predicted molar refractivity (Wildman–Crippen MR) is 227 cm³/mol. The first-order chi connectivity index (χ1) is 30.2. The first-order valence-corrected chi connectivity index (χ1v) is 20.8. The van der Waals surface area contributed by atoms with Crippen molar-refractivity contribution in [3.05, 3.63) is 18.2 Å². The Morgan fingerprint density at radius 2 is 1.31 bits per heavy atom. The molecule has 8 atom stereocenters. The summed E-state index contributed by atoms with van der Waals surface area (Å²) in [5.41, 5.74) is 16.6. The molecule has 1 aliphatic heterocycles. The number of primary amides is 1. The molecule has 358 valence electrons. The van der Waals surface area contributed by atoms with Gasteiger partial charge >= 0.3 is 5.97 Å². The van der Waals surface area contributed by atoms with Gasteiger partial charge in [0.15, 0.2) is 5.96 Å². The maximum Gasteiger partial charge on any atom is 0.328 e. The van der Waals surface area contributed by atoms with Gasteiger partial charge in [0.05, 0.1) is 32.0 Å². The molecule has 2 heterocycles. The number of H-pyrrole nitrogens is 1. The maximum absolute atomic E-state index is 14.0. The number of carbonyl (C=O) groups excluding carboxylic acids is 8. The summed E-state index contributed by atoms with van der Waals surface area (Å²) in [6.45, 7) is 5.27. The van der Waals surface area contributed by atoms with Crippen molar-refractivity contribution in [1.29, 1.82) is 0 Å². The number of carboxylic acids is 1. The van der Waals surface area contributed by atoms with Gasteiger partial charge in [-0.1, -0.05) is 27.7 Å². The predicted octanol–water partition coefficient (Wildman–Crippen LogP) is -6.20. The molecule has 0 spiro atoms. The molecule has 1 aliphatic rings. The van der Waals surface area contributed by atoms with Crippen molar-refractivity contribution in [2.45, 2.75) is 121 Å². The molecule has 0 bridgehead atoms. The zero-order chi connectivity index (χ0) is 48.1. The molecule has 2 rings (SSSR count).